The molecule has 5 nitrogen and oxygen atoms in total. The Morgan fingerprint density at radius 2 is 2.43 bits per heavy atom. The lowest BCUT2D eigenvalue weighted by atomic mass is 10.2. The van der Waals surface area contributed by atoms with E-state index < -0.39 is 5.97 Å². The number of carbonyl (C=O) groups is 1. The standard InChI is InChI=1S/C9H14N2O3/c1-3-11-6-7(4-5-12)8(10-11)9(13)14-2/h6,12H,3-5H2,1-2H3. The maximum atomic E-state index is 11.3. The molecule has 0 spiro atoms. The number of aliphatic hydroxyl groups is 1. The molecule has 0 aliphatic heterocycles. The molecule has 1 rings (SSSR count). The van der Waals surface area contributed by atoms with E-state index in [-0.39, 0.29) is 6.61 Å². The summed E-state index contributed by atoms with van der Waals surface area (Å²) in [4.78, 5) is 11.3. The lowest BCUT2D eigenvalue weighted by molar-refractivity contribution is 0.0591. The van der Waals surface area contributed by atoms with Gasteiger partial charge >= 0.3 is 5.97 Å². The van der Waals surface area contributed by atoms with Gasteiger partial charge in [0.15, 0.2) is 5.69 Å². The maximum absolute atomic E-state index is 11.3. The zero-order valence-corrected chi connectivity index (χ0v) is 8.36. The van der Waals surface area contributed by atoms with Crippen molar-refractivity contribution in [1.82, 2.24) is 9.78 Å². The van der Waals surface area contributed by atoms with Gasteiger partial charge in [0, 0.05) is 24.9 Å². The number of methoxy groups -OCH3 is 1. The first-order chi connectivity index (χ1) is 6.72. The molecule has 0 saturated carbocycles. The number of carbonyl (C=O) groups excluding carboxylic acids is 1. The van der Waals surface area contributed by atoms with Gasteiger partial charge in [-0.1, -0.05) is 0 Å². The van der Waals surface area contributed by atoms with E-state index in [2.05, 4.69) is 9.84 Å². The summed E-state index contributed by atoms with van der Waals surface area (Å²) in [5.41, 5.74) is 1.02. The summed E-state index contributed by atoms with van der Waals surface area (Å²) in [5, 5.41) is 12.8. The van der Waals surface area contributed by atoms with Crippen molar-refractivity contribution in [2.75, 3.05) is 13.7 Å². The molecule has 0 aliphatic rings. The van der Waals surface area contributed by atoms with Crippen LogP contribution in [0.4, 0.5) is 0 Å². The molecule has 0 atom stereocenters. The van der Waals surface area contributed by atoms with Gasteiger partial charge in [-0.3, -0.25) is 4.68 Å². The van der Waals surface area contributed by atoms with E-state index in [4.69, 9.17) is 5.11 Å². The molecule has 1 aromatic rings. The molecule has 1 N–H and O–H groups in total. The van der Waals surface area contributed by atoms with E-state index in [0.29, 0.717) is 18.7 Å². The lowest BCUT2D eigenvalue weighted by Gasteiger charge is -1.96. The van der Waals surface area contributed by atoms with Crippen molar-refractivity contribution in [2.24, 2.45) is 0 Å². The second-order valence-electron chi connectivity index (χ2n) is 2.82. The molecule has 0 bridgehead atoms. The van der Waals surface area contributed by atoms with E-state index in [9.17, 15) is 4.79 Å². The fraction of sp³-hybridized carbons (Fsp3) is 0.556. The fourth-order valence-electron chi connectivity index (χ4n) is 1.20. The highest BCUT2D eigenvalue weighted by Crippen LogP contribution is 2.09. The number of esters is 1. The fourth-order valence-corrected chi connectivity index (χ4v) is 1.20. The smallest absolute Gasteiger partial charge is 0.358 e. The molecular formula is C9H14N2O3. The minimum Gasteiger partial charge on any atom is -0.464 e. The van der Waals surface area contributed by atoms with Gasteiger partial charge < -0.3 is 9.84 Å². The number of aromatic nitrogens is 2. The summed E-state index contributed by atoms with van der Waals surface area (Å²) in [6.07, 6.45) is 2.17. The average Bonchev–Trinajstić information content (AvgIpc) is 2.61. The molecule has 1 aromatic heterocycles. The van der Waals surface area contributed by atoms with Gasteiger partial charge in [-0.2, -0.15) is 5.10 Å². The normalized spacial score (nSPS) is 10.2. The van der Waals surface area contributed by atoms with E-state index >= 15 is 0 Å². The SMILES string of the molecule is CCn1cc(CCO)c(C(=O)OC)n1. The molecular weight excluding hydrogens is 184 g/mol. The second kappa shape index (κ2) is 4.76. The van der Waals surface area contributed by atoms with Crippen molar-refractivity contribution < 1.29 is 14.6 Å². The van der Waals surface area contributed by atoms with Crippen molar-refractivity contribution in [1.29, 1.82) is 0 Å². The summed E-state index contributed by atoms with van der Waals surface area (Å²) >= 11 is 0. The van der Waals surface area contributed by atoms with Gasteiger partial charge in [-0.05, 0) is 13.3 Å². The van der Waals surface area contributed by atoms with Crippen LogP contribution in [-0.2, 0) is 17.7 Å². The lowest BCUT2D eigenvalue weighted by Crippen LogP contribution is -2.07. The van der Waals surface area contributed by atoms with Crippen molar-refractivity contribution in [3.05, 3.63) is 17.5 Å². The van der Waals surface area contributed by atoms with Crippen LogP contribution in [-0.4, -0.2) is 34.6 Å². The van der Waals surface area contributed by atoms with Gasteiger partial charge in [-0.25, -0.2) is 4.79 Å². The Bertz CT molecular complexity index is 320. The number of rotatable bonds is 4. The number of aryl methyl sites for hydroxylation is 1. The molecule has 0 aromatic carbocycles. The summed E-state index contributed by atoms with van der Waals surface area (Å²) in [6.45, 7) is 2.62. The van der Waals surface area contributed by atoms with Crippen LogP contribution in [0.5, 0.6) is 0 Å². The topological polar surface area (TPSA) is 64.4 Å². The molecule has 78 valence electrons. The van der Waals surface area contributed by atoms with Gasteiger partial charge in [0.1, 0.15) is 0 Å². The van der Waals surface area contributed by atoms with Gasteiger partial charge in [-0.15, -0.1) is 0 Å². The summed E-state index contributed by atoms with van der Waals surface area (Å²) < 4.78 is 6.23. The molecule has 0 amide bonds. The van der Waals surface area contributed by atoms with Crippen molar-refractivity contribution >= 4 is 5.97 Å². The van der Waals surface area contributed by atoms with Crippen LogP contribution in [0.1, 0.15) is 23.0 Å². The average molecular weight is 198 g/mol. The predicted molar refractivity (Wildman–Crippen MR) is 50.0 cm³/mol. The van der Waals surface area contributed by atoms with Crippen molar-refractivity contribution in [2.45, 2.75) is 19.9 Å². The third-order valence-electron chi connectivity index (χ3n) is 1.92. The highest BCUT2D eigenvalue weighted by atomic mass is 16.5. The molecule has 0 aliphatic carbocycles. The summed E-state index contributed by atoms with van der Waals surface area (Å²) in [7, 11) is 1.32. The molecule has 5 heteroatoms. The van der Waals surface area contributed by atoms with Crippen molar-refractivity contribution in [3.8, 4) is 0 Å². The number of aliphatic hydroxyl groups excluding tert-OH is 1. The number of hydrogen-bond donors (Lipinski definition) is 1. The quantitative estimate of drug-likeness (QED) is 0.703. The number of ether oxygens (including phenoxy) is 1. The van der Waals surface area contributed by atoms with Crippen LogP contribution in [0.2, 0.25) is 0 Å². The molecule has 0 saturated heterocycles. The Balaban J connectivity index is 2.99. The van der Waals surface area contributed by atoms with E-state index in [1.165, 1.54) is 7.11 Å². The van der Waals surface area contributed by atoms with Crippen molar-refractivity contribution in [3.63, 3.8) is 0 Å². The molecule has 1 heterocycles. The van der Waals surface area contributed by atoms with Crippen LogP contribution in [0.15, 0.2) is 6.20 Å². The van der Waals surface area contributed by atoms with Crippen LogP contribution in [0.3, 0.4) is 0 Å². The molecule has 0 unspecified atom stereocenters. The van der Waals surface area contributed by atoms with Gasteiger partial charge in [0.2, 0.25) is 0 Å². The highest BCUT2D eigenvalue weighted by Gasteiger charge is 2.16. The maximum Gasteiger partial charge on any atom is 0.358 e. The Morgan fingerprint density at radius 1 is 1.71 bits per heavy atom. The minimum atomic E-state index is -0.458. The molecule has 0 radical (unpaired) electrons. The molecule has 14 heavy (non-hydrogen) atoms. The minimum absolute atomic E-state index is 0.000593. The Morgan fingerprint density at radius 3 is 2.93 bits per heavy atom. The highest BCUT2D eigenvalue weighted by molar-refractivity contribution is 5.88. The first kappa shape index (κ1) is 10.7. The zero-order valence-electron chi connectivity index (χ0n) is 8.36. The largest absolute Gasteiger partial charge is 0.464 e. The van der Waals surface area contributed by atoms with Crippen LogP contribution >= 0.6 is 0 Å². The van der Waals surface area contributed by atoms with Crippen LogP contribution in [0, 0.1) is 0 Å². The summed E-state index contributed by atoms with van der Waals surface area (Å²) in [5.74, 6) is -0.458. The third kappa shape index (κ3) is 2.11. The van der Waals surface area contributed by atoms with Crippen LogP contribution in [0.25, 0.3) is 0 Å². The number of hydrogen-bond acceptors (Lipinski definition) is 4. The van der Waals surface area contributed by atoms with Crippen LogP contribution < -0.4 is 0 Å². The first-order valence-corrected chi connectivity index (χ1v) is 4.48. The van der Waals surface area contributed by atoms with Gasteiger partial charge in [0.05, 0.1) is 7.11 Å². The van der Waals surface area contributed by atoms with E-state index in [1.807, 2.05) is 6.92 Å². The zero-order chi connectivity index (χ0) is 10.6. The summed E-state index contributed by atoms with van der Waals surface area (Å²) in [6, 6.07) is 0. The van der Waals surface area contributed by atoms with E-state index in [0.717, 1.165) is 5.56 Å². The predicted octanol–water partition coefficient (Wildman–Crippen LogP) is 0.224. The Hall–Kier alpha value is -1.36. The Kier molecular flexibility index (Phi) is 3.64. The van der Waals surface area contributed by atoms with Gasteiger partial charge in [0.25, 0.3) is 0 Å². The second-order valence-corrected chi connectivity index (χ2v) is 2.82. The molecule has 0 fully saturated rings. The Labute approximate surface area is 82.3 Å². The first-order valence-electron chi connectivity index (χ1n) is 4.48. The monoisotopic (exact) mass is 198 g/mol. The number of nitrogens with zero attached hydrogens (tertiary/aromatic N) is 2. The van der Waals surface area contributed by atoms with E-state index in [1.54, 1.807) is 10.9 Å². The third-order valence-corrected chi connectivity index (χ3v) is 1.92.